The summed E-state index contributed by atoms with van der Waals surface area (Å²) in [6.45, 7) is 0. The van der Waals surface area contributed by atoms with Gasteiger partial charge in [-0.3, -0.25) is 0 Å². The average molecular weight is 375 g/mol. The van der Waals surface area contributed by atoms with Crippen molar-refractivity contribution in [3.63, 3.8) is 0 Å². The van der Waals surface area contributed by atoms with Gasteiger partial charge in [-0.05, 0) is 47.0 Å². The van der Waals surface area contributed by atoms with Crippen LogP contribution in [0.2, 0.25) is 0 Å². The predicted octanol–water partition coefficient (Wildman–Crippen LogP) is -1.36. The van der Waals surface area contributed by atoms with Crippen molar-refractivity contribution < 1.29 is 34.0 Å². The zero-order valence-corrected chi connectivity index (χ0v) is 15.3. The zero-order chi connectivity index (χ0) is 17.5. The van der Waals surface area contributed by atoms with Crippen LogP contribution in [-0.2, 0) is 22.7 Å². The lowest BCUT2D eigenvalue weighted by atomic mass is 9.55. The van der Waals surface area contributed by atoms with Crippen LogP contribution in [0.25, 0.3) is 0 Å². The second-order valence-electron chi connectivity index (χ2n) is 7.12. The van der Waals surface area contributed by atoms with E-state index in [0.717, 1.165) is 11.2 Å². The van der Waals surface area contributed by atoms with E-state index in [2.05, 4.69) is 18.4 Å². The lowest BCUT2D eigenvalue weighted by Crippen LogP contribution is -2.68. The molecule has 1 heterocycles. The second kappa shape index (κ2) is 6.67. The van der Waals surface area contributed by atoms with Crippen LogP contribution in [0.4, 0.5) is 0 Å². The van der Waals surface area contributed by atoms with Gasteiger partial charge in [-0.1, -0.05) is 18.9 Å². The highest BCUT2D eigenvalue weighted by atomic mass is 35.7. The van der Waals surface area contributed by atoms with E-state index in [1.807, 2.05) is 6.07 Å². The van der Waals surface area contributed by atoms with Crippen molar-refractivity contribution in [1.29, 1.82) is 0 Å². The number of aromatic hydroxyl groups is 1. The molecular weight excluding hydrogens is 352 g/mol. The van der Waals surface area contributed by atoms with Gasteiger partial charge in [0, 0.05) is 24.2 Å². The predicted molar refractivity (Wildman–Crippen MR) is 82.0 cm³/mol. The molecule has 0 aromatic heterocycles. The summed E-state index contributed by atoms with van der Waals surface area (Å²) in [5.74, 6) is 2.78. The summed E-state index contributed by atoms with van der Waals surface area (Å²) >= 11 is 0. The van der Waals surface area contributed by atoms with Crippen LogP contribution in [0.15, 0.2) is 18.2 Å². The third kappa shape index (κ3) is 3.54. The molecule has 7 heteroatoms. The first-order valence-corrected chi connectivity index (χ1v) is 11.4. The molecule has 1 saturated carbocycles. The molecule has 2 bridgehead atoms. The molecule has 134 valence electrons. The van der Waals surface area contributed by atoms with E-state index in [-0.39, 0.29) is 0 Å². The van der Waals surface area contributed by atoms with E-state index in [1.165, 1.54) is 49.8 Å². The van der Waals surface area contributed by atoms with Crippen molar-refractivity contribution in [3.8, 4) is 5.75 Å². The van der Waals surface area contributed by atoms with E-state index >= 15 is 0 Å². The maximum atomic E-state index is 9.93. The Balaban J connectivity index is 0.000000300. The maximum absolute atomic E-state index is 9.93. The number of benzene rings is 1. The first-order chi connectivity index (χ1) is 11.2. The minimum absolute atomic E-state index is 0.425. The van der Waals surface area contributed by atoms with Gasteiger partial charge >= 0.3 is 0 Å². The summed E-state index contributed by atoms with van der Waals surface area (Å²) in [4.78, 5) is 0. The standard InChI is InChI=1S/C17H22OS.ClHO4/c1-19-9-8-17-7-3-2-4-14(17)16(19)10-12-5-6-13(18)11-15(12)17;2-1(3,4)5/h5-6,11,14,16H,2-4,7-10H2,1H3;(H,2,3,4,5)/t14-,16-,17-,19?;/m0./s1. The fourth-order valence-corrected chi connectivity index (χ4v) is 7.48. The van der Waals surface area contributed by atoms with Crippen molar-refractivity contribution in [2.45, 2.75) is 49.2 Å². The smallest absolute Gasteiger partial charge is 0.125 e. The summed E-state index contributed by atoms with van der Waals surface area (Å²) in [7, 11) is -4.34. The molecule has 1 aromatic rings. The molecule has 4 rings (SSSR count). The number of hydrogen-bond donors (Lipinski definition) is 1. The Hall–Kier alpha value is -0.500. The summed E-state index contributed by atoms with van der Waals surface area (Å²) in [5.41, 5.74) is 3.49. The summed E-state index contributed by atoms with van der Waals surface area (Å²) in [6.07, 6.45) is 10.7. The average Bonchev–Trinajstić information content (AvgIpc) is 2.50. The topological polar surface area (TPSA) is 112 Å². The Morgan fingerprint density at radius 1 is 1.17 bits per heavy atom. The third-order valence-electron chi connectivity index (χ3n) is 5.98. The second-order valence-corrected chi connectivity index (χ2v) is 10.3. The molecule has 1 unspecified atom stereocenters. The van der Waals surface area contributed by atoms with Crippen molar-refractivity contribution in [2.24, 2.45) is 5.92 Å². The first kappa shape index (κ1) is 18.3. The van der Waals surface area contributed by atoms with Gasteiger partial charge in [0.05, 0.1) is 6.26 Å². The molecule has 1 N–H and O–H groups in total. The number of rotatable bonds is 0. The summed E-state index contributed by atoms with van der Waals surface area (Å²) < 4.78 is 34.0. The fraction of sp³-hybridized carbons (Fsp3) is 0.647. The minimum Gasteiger partial charge on any atom is -0.508 e. The fourth-order valence-electron chi connectivity index (χ4n) is 5.07. The Kier molecular flexibility index (Phi) is 5.08. The van der Waals surface area contributed by atoms with Crippen molar-refractivity contribution >= 4 is 10.9 Å². The van der Waals surface area contributed by atoms with Crippen LogP contribution in [0, 0.1) is 16.2 Å². The zero-order valence-electron chi connectivity index (χ0n) is 13.7. The number of hydrogen-bond acceptors (Lipinski definition) is 5. The molecule has 3 aliphatic rings. The Morgan fingerprint density at radius 3 is 2.58 bits per heavy atom. The molecular formula is C17H23ClO5S. The molecule has 2 aliphatic carbocycles. The van der Waals surface area contributed by atoms with Gasteiger partial charge in [0.1, 0.15) is 16.8 Å². The van der Waals surface area contributed by atoms with Gasteiger partial charge in [0.15, 0.2) is 0 Å². The highest BCUT2D eigenvalue weighted by Crippen LogP contribution is 2.56. The van der Waals surface area contributed by atoms with Crippen LogP contribution in [0.1, 0.15) is 43.2 Å². The maximum Gasteiger partial charge on any atom is 0.125 e. The number of phenols is 1. The Bertz CT molecular complexity index is 599. The molecule has 0 amide bonds. The molecule has 4 atom stereocenters. The SMILES string of the molecule is C[S+]1CC[C@@]23CCCC[C@H]2[C@@H]1Cc1ccc(O)cc13.[O-][Cl+3]([O-])([O-])[O-]. The van der Waals surface area contributed by atoms with Gasteiger partial charge in [-0.2, -0.15) is 0 Å². The molecule has 0 radical (unpaired) electrons. The quantitative estimate of drug-likeness (QED) is 0.563. The first-order valence-electron chi connectivity index (χ1n) is 8.26. The third-order valence-corrected chi connectivity index (χ3v) is 8.36. The van der Waals surface area contributed by atoms with Gasteiger partial charge in [-0.15, -0.1) is 10.2 Å². The van der Waals surface area contributed by atoms with Crippen LogP contribution in [0.3, 0.4) is 0 Å². The highest BCUT2D eigenvalue weighted by Gasteiger charge is 2.57. The largest absolute Gasteiger partial charge is 0.508 e. The molecule has 24 heavy (non-hydrogen) atoms. The molecule has 2 fully saturated rings. The minimum atomic E-state index is -4.94. The van der Waals surface area contributed by atoms with E-state index in [4.69, 9.17) is 18.6 Å². The lowest BCUT2D eigenvalue weighted by molar-refractivity contribution is -2.00. The molecule has 1 aromatic carbocycles. The molecule has 1 saturated heterocycles. The van der Waals surface area contributed by atoms with Gasteiger partial charge < -0.3 is 5.11 Å². The van der Waals surface area contributed by atoms with Crippen LogP contribution < -0.4 is 18.6 Å². The normalized spacial score (nSPS) is 34.5. The summed E-state index contributed by atoms with van der Waals surface area (Å²) in [6, 6.07) is 6.19. The Labute approximate surface area is 147 Å². The van der Waals surface area contributed by atoms with E-state index in [9.17, 15) is 5.11 Å². The van der Waals surface area contributed by atoms with Crippen molar-refractivity contribution in [1.82, 2.24) is 0 Å². The molecule has 5 nitrogen and oxygen atoms in total. The van der Waals surface area contributed by atoms with Gasteiger partial charge in [0.25, 0.3) is 0 Å². The van der Waals surface area contributed by atoms with E-state index in [0.29, 0.717) is 22.1 Å². The Morgan fingerprint density at radius 2 is 1.88 bits per heavy atom. The highest BCUT2D eigenvalue weighted by molar-refractivity contribution is 7.96. The van der Waals surface area contributed by atoms with Crippen LogP contribution in [-0.4, -0.2) is 22.4 Å². The lowest BCUT2D eigenvalue weighted by Gasteiger charge is -2.53. The number of halogens is 1. The van der Waals surface area contributed by atoms with Crippen LogP contribution in [0.5, 0.6) is 5.75 Å². The van der Waals surface area contributed by atoms with E-state index < -0.39 is 10.2 Å². The molecule has 1 aliphatic heterocycles. The monoisotopic (exact) mass is 374 g/mol. The summed E-state index contributed by atoms with van der Waals surface area (Å²) in [5, 5.41) is 10.8. The van der Waals surface area contributed by atoms with Crippen molar-refractivity contribution in [3.05, 3.63) is 29.3 Å². The van der Waals surface area contributed by atoms with E-state index in [1.54, 1.807) is 5.56 Å². The van der Waals surface area contributed by atoms with Crippen molar-refractivity contribution in [2.75, 3.05) is 12.0 Å². The van der Waals surface area contributed by atoms with Gasteiger partial charge in [-0.25, -0.2) is 18.6 Å². The van der Waals surface area contributed by atoms with Crippen LogP contribution >= 0.6 is 0 Å². The number of fused-ring (bicyclic) bond motifs is 1. The van der Waals surface area contributed by atoms with Gasteiger partial charge in [0.2, 0.25) is 0 Å². The molecule has 0 spiro atoms. The number of phenolic OH excluding ortho intramolecular Hbond substituents is 1.